The van der Waals surface area contributed by atoms with Crippen molar-refractivity contribution in [3.63, 3.8) is 0 Å². The normalized spacial score (nSPS) is 25.0. The number of ether oxygens (including phenoxy) is 1. The van der Waals surface area contributed by atoms with E-state index in [1.807, 2.05) is 6.07 Å². The molecule has 1 atom stereocenters. The van der Waals surface area contributed by atoms with Gasteiger partial charge in [0.15, 0.2) is 9.84 Å². The van der Waals surface area contributed by atoms with Crippen LogP contribution in [0.1, 0.15) is 12.0 Å². The summed E-state index contributed by atoms with van der Waals surface area (Å²) >= 11 is 0. The average molecular weight is 308 g/mol. The molecule has 0 aliphatic heterocycles. The van der Waals surface area contributed by atoms with Crippen LogP contribution in [-0.2, 0) is 19.4 Å². The van der Waals surface area contributed by atoms with E-state index in [0.717, 1.165) is 18.1 Å². The minimum absolute atomic E-state index is 0.224. The third-order valence-electron chi connectivity index (χ3n) is 3.59. The van der Waals surface area contributed by atoms with Crippen LogP contribution in [0.15, 0.2) is 48.2 Å². The standard InChI is InChI=1S/C15H16O5S/c1-20-15(21(2,18)19)9-12(10-16)13(8-14(15)17)11-6-4-3-5-7-11/h3-8,10,16H,9H2,1-2H3. The highest BCUT2D eigenvalue weighted by Crippen LogP contribution is 2.39. The molecule has 6 heteroatoms. The number of ketones is 1. The molecular weight excluding hydrogens is 292 g/mol. The summed E-state index contributed by atoms with van der Waals surface area (Å²) in [5, 5.41) is 9.44. The second kappa shape index (κ2) is 5.46. The fourth-order valence-electron chi connectivity index (χ4n) is 2.41. The second-order valence-corrected chi connectivity index (χ2v) is 7.05. The maximum Gasteiger partial charge on any atom is 0.235 e. The van der Waals surface area contributed by atoms with Crippen molar-refractivity contribution in [2.75, 3.05) is 13.4 Å². The van der Waals surface area contributed by atoms with Crippen molar-refractivity contribution >= 4 is 21.2 Å². The SMILES string of the molecule is COC1(S(C)(=O)=O)CC(=CO)C(c2ccccc2)=CC1=O. The molecule has 1 N–H and O–H groups in total. The number of aliphatic hydroxyl groups is 1. The molecule has 0 fully saturated rings. The summed E-state index contributed by atoms with van der Waals surface area (Å²) in [5.74, 6) is -0.642. The van der Waals surface area contributed by atoms with Gasteiger partial charge in [-0.25, -0.2) is 8.42 Å². The van der Waals surface area contributed by atoms with Crippen LogP contribution in [0.25, 0.3) is 5.57 Å². The Morgan fingerprint density at radius 1 is 1.29 bits per heavy atom. The summed E-state index contributed by atoms with van der Waals surface area (Å²) in [5.41, 5.74) is 1.57. The van der Waals surface area contributed by atoms with Crippen molar-refractivity contribution < 1.29 is 23.1 Å². The van der Waals surface area contributed by atoms with Crippen molar-refractivity contribution in [1.29, 1.82) is 0 Å². The van der Waals surface area contributed by atoms with Crippen molar-refractivity contribution in [2.45, 2.75) is 11.4 Å². The van der Waals surface area contributed by atoms with Gasteiger partial charge in [0.05, 0.1) is 6.26 Å². The number of carbonyl (C=O) groups is 1. The highest BCUT2D eigenvalue weighted by molar-refractivity contribution is 7.92. The van der Waals surface area contributed by atoms with Crippen LogP contribution in [0.5, 0.6) is 0 Å². The lowest BCUT2D eigenvalue weighted by Gasteiger charge is -2.33. The molecule has 1 unspecified atom stereocenters. The van der Waals surface area contributed by atoms with Gasteiger partial charge in [-0.3, -0.25) is 4.79 Å². The summed E-state index contributed by atoms with van der Waals surface area (Å²) in [6.45, 7) is 0. The number of rotatable bonds is 3. The molecule has 5 nitrogen and oxygen atoms in total. The first-order valence-corrected chi connectivity index (χ1v) is 8.15. The summed E-state index contributed by atoms with van der Waals surface area (Å²) in [6, 6.07) is 8.98. The van der Waals surface area contributed by atoms with Crippen LogP contribution in [-0.4, -0.2) is 37.6 Å². The van der Waals surface area contributed by atoms with Crippen LogP contribution in [0.2, 0.25) is 0 Å². The number of hydrogen-bond acceptors (Lipinski definition) is 5. The molecule has 0 bridgehead atoms. The lowest BCUT2D eigenvalue weighted by Crippen LogP contribution is -2.49. The number of hydrogen-bond donors (Lipinski definition) is 1. The van der Waals surface area contributed by atoms with Gasteiger partial charge in [-0.2, -0.15) is 0 Å². The van der Waals surface area contributed by atoms with Gasteiger partial charge in [0.25, 0.3) is 0 Å². The first-order valence-electron chi connectivity index (χ1n) is 6.25. The molecule has 1 aromatic rings. The van der Waals surface area contributed by atoms with E-state index in [9.17, 15) is 18.3 Å². The highest BCUT2D eigenvalue weighted by Gasteiger charge is 2.50. The van der Waals surface area contributed by atoms with Crippen molar-refractivity contribution in [3.05, 3.63) is 53.8 Å². The number of methoxy groups -OCH3 is 1. The number of aliphatic hydroxyl groups excluding tert-OH is 1. The maximum atomic E-state index is 12.3. The Hall–Kier alpha value is -1.92. The maximum absolute atomic E-state index is 12.3. The zero-order valence-corrected chi connectivity index (χ0v) is 12.6. The molecule has 1 aromatic carbocycles. The molecule has 1 aliphatic rings. The number of sulfone groups is 1. The topological polar surface area (TPSA) is 80.7 Å². The molecule has 0 heterocycles. The van der Waals surface area contributed by atoms with Crippen LogP contribution >= 0.6 is 0 Å². The Kier molecular flexibility index (Phi) is 4.02. The molecule has 0 radical (unpaired) electrons. The molecule has 0 amide bonds. The molecule has 2 rings (SSSR count). The Morgan fingerprint density at radius 2 is 1.90 bits per heavy atom. The Bertz CT molecular complexity index is 716. The van der Waals surface area contributed by atoms with Crippen molar-refractivity contribution in [3.8, 4) is 0 Å². The van der Waals surface area contributed by atoms with E-state index in [1.54, 1.807) is 24.3 Å². The molecule has 0 spiro atoms. The Morgan fingerprint density at radius 3 is 2.38 bits per heavy atom. The molecule has 112 valence electrons. The van der Waals surface area contributed by atoms with Gasteiger partial charge in [0, 0.05) is 19.8 Å². The Balaban J connectivity index is 2.62. The highest BCUT2D eigenvalue weighted by atomic mass is 32.2. The number of carbonyl (C=O) groups excluding carboxylic acids is 1. The van der Waals surface area contributed by atoms with Gasteiger partial charge in [-0.15, -0.1) is 0 Å². The van der Waals surface area contributed by atoms with E-state index in [1.165, 1.54) is 13.2 Å². The van der Waals surface area contributed by atoms with Gasteiger partial charge >= 0.3 is 0 Å². The lowest BCUT2D eigenvalue weighted by molar-refractivity contribution is -0.127. The summed E-state index contributed by atoms with van der Waals surface area (Å²) < 4.78 is 29.0. The first kappa shape index (κ1) is 15.5. The van der Waals surface area contributed by atoms with Gasteiger partial charge in [0.2, 0.25) is 10.7 Å². The van der Waals surface area contributed by atoms with E-state index >= 15 is 0 Å². The van der Waals surface area contributed by atoms with E-state index in [2.05, 4.69) is 0 Å². The largest absolute Gasteiger partial charge is 0.515 e. The lowest BCUT2D eigenvalue weighted by atomic mass is 9.87. The molecule has 1 aliphatic carbocycles. The first-order chi connectivity index (χ1) is 9.85. The van der Waals surface area contributed by atoms with Crippen LogP contribution in [0.3, 0.4) is 0 Å². The van der Waals surface area contributed by atoms with E-state index in [0.29, 0.717) is 11.1 Å². The average Bonchev–Trinajstić information content (AvgIpc) is 2.46. The summed E-state index contributed by atoms with van der Waals surface area (Å²) in [6.07, 6.45) is 2.76. The van der Waals surface area contributed by atoms with Gasteiger partial charge in [-0.05, 0) is 22.8 Å². The van der Waals surface area contributed by atoms with E-state index in [-0.39, 0.29) is 6.42 Å². The molecule has 0 saturated heterocycles. The third kappa shape index (κ3) is 2.52. The van der Waals surface area contributed by atoms with Gasteiger partial charge in [-0.1, -0.05) is 30.3 Å². The zero-order valence-electron chi connectivity index (χ0n) is 11.7. The molecule has 0 saturated carbocycles. The van der Waals surface area contributed by atoms with E-state index in [4.69, 9.17) is 4.74 Å². The number of allylic oxidation sites excluding steroid dienone is 1. The monoisotopic (exact) mass is 308 g/mol. The zero-order chi connectivity index (χ0) is 15.7. The smallest absolute Gasteiger partial charge is 0.235 e. The fraction of sp³-hybridized carbons (Fsp3) is 0.267. The van der Waals surface area contributed by atoms with Crippen LogP contribution in [0.4, 0.5) is 0 Å². The summed E-state index contributed by atoms with van der Waals surface area (Å²) in [7, 11) is -2.63. The Labute approximate surface area is 123 Å². The van der Waals surface area contributed by atoms with E-state index < -0.39 is 20.6 Å². The predicted octanol–water partition coefficient (Wildman–Crippen LogP) is 1.87. The third-order valence-corrected chi connectivity index (χ3v) is 5.30. The van der Waals surface area contributed by atoms with Gasteiger partial charge < -0.3 is 9.84 Å². The van der Waals surface area contributed by atoms with Crippen molar-refractivity contribution in [1.82, 2.24) is 0 Å². The van der Waals surface area contributed by atoms with Crippen LogP contribution in [0, 0.1) is 0 Å². The second-order valence-electron chi connectivity index (χ2n) is 4.85. The van der Waals surface area contributed by atoms with Crippen molar-refractivity contribution in [2.24, 2.45) is 0 Å². The minimum Gasteiger partial charge on any atom is -0.515 e. The van der Waals surface area contributed by atoms with Gasteiger partial charge in [0.1, 0.15) is 0 Å². The predicted molar refractivity (Wildman–Crippen MR) is 79.3 cm³/mol. The fourth-order valence-corrected chi connectivity index (χ4v) is 3.55. The molecule has 0 aromatic heterocycles. The molecule has 21 heavy (non-hydrogen) atoms. The summed E-state index contributed by atoms with van der Waals surface area (Å²) in [4.78, 5) is 10.4. The van der Waals surface area contributed by atoms with Crippen LogP contribution < -0.4 is 0 Å². The quantitative estimate of drug-likeness (QED) is 0.862. The minimum atomic E-state index is -3.80. The molecular formula is C15H16O5S. The number of benzene rings is 1.